The second-order valence-electron chi connectivity index (χ2n) is 6.89. The summed E-state index contributed by atoms with van der Waals surface area (Å²) in [5, 5.41) is 12.4. The van der Waals surface area contributed by atoms with Crippen LogP contribution in [0.25, 0.3) is 11.0 Å². The van der Waals surface area contributed by atoms with Crippen molar-refractivity contribution in [3.63, 3.8) is 0 Å². The summed E-state index contributed by atoms with van der Waals surface area (Å²) in [6, 6.07) is 2.67. The molecule has 1 aromatic heterocycles. The molecule has 0 fully saturated rings. The lowest BCUT2D eigenvalue weighted by molar-refractivity contribution is -0.143. The molecule has 0 aliphatic heterocycles. The summed E-state index contributed by atoms with van der Waals surface area (Å²) in [6.07, 6.45) is 0.175. The third-order valence-corrected chi connectivity index (χ3v) is 4.73. The van der Waals surface area contributed by atoms with Crippen molar-refractivity contribution in [2.75, 3.05) is 7.11 Å². The first-order valence-corrected chi connectivity index (χ1v) is 8.79. The molecule has 1 atom stereocenters. The number of benzene rings is 1. The van der Waals surface area contributed by atoms with Gasteiger partial charge in [-0.25, -0.2) is 9.59 Å². The third kappa shape index (κ3) is 4.30. The summed E-state index contributed by atoms with van der Waals surface area (Å²) in [5.41, 5.74) is 1.87. The highest BCUT2D eigenvalue weighted by atomic mass is 16.5. The van der Waals surface area contributed by atoms with Crippen molar-refractivity contribution in [2.24, 2.45) is 5.92 Å². The minimum Gasteiger partial charge on any atom is -0.496 e. The fourth-order valence-electron chi connectivity index (χ4n) is 3.08. The monoisotopic (exact) mass is 375 g/mol. The van der Waals surface area contributed by atoms with Gasteiger partial charge < -0.3 is 19.6 Å². The average Bonchev–Trinajstić information content (AvgIpc) is 2.60. The summed E-state index contributed by atoms with van der Waals surface area (Å²) >= 11 is 0. The normalized spacial score (nSPS) is 12.2. The standard InChI is InChI=1S/C20H25NO6/c1-10(2)17(19(23)24)21-16(22)9-7-14-11(3)13-6-8-15(26-5)12(4)18(13)27-20(14)25/h6,8,10,17H,7,9H2,1-5H3,(H,21,22)(H,23,24)/t17-/m0/s1. The molecule has 0 saturated heterocycles. The summed E-state index contributed by atoms with van der Waals surface area (Å²) in [4.78, 5) is 35.8. The van der Waals surface area contributed by atoms with Crippen LogP contribution in [0.3, 0.4) is 0 Å². The lowest BCUT2D eigenvalue weighted by Crippen LogP contribution is -2.44. The van der Waals surface area contributed by atoms with Crippen LogP contribution >= 0.6 is 0 Å². The number of carboxylic acid groups (broad SMARTS) is 1. The van der Waals surface area contributed by atoms with Gasteiger partial charge >= 0.3 is 11.6 Å². The molecule has 0 aliphatic rings. The van der Waals surface area contributed by atoms with Crippen LogP contribution in [0.2, 0.25) is 0 Å². The van der Waals surface area contributed by atoms with Crippen molar-refractivity contribution in [3.8, 4) is 5.75 Å². The minimum absolute atomic E-state index is 0.00272. The second kappa shape index (κ2) is 8.24. The topological polar surface area (TPSA) is 106 Å². The molecule has 0 aliphatic carbocycles. The van der Waals surface area contributed by atoms with Crippen LogP contribution in [0, 0.1) is 19.8 Å². The highest BCUT2D eigenvalue weighted by Crippen LogP contribution is 2.29. The van der Waals surface area contributed by atoms with Gasteiger partial charge in [-0.1, -0.05) is 13.8 Å². The maximum atomic E-state index is 12.4. The molecule has 7 heteroatoms. The number of carboxylic acids is 1. The first-order valence-electron chi connectivity index (χ1n) is 8.79. The molecule has 1 heterocycles. The van der Waals surface area contributed by atoms with E-state index in [1.54, 1.807) is 27.0 Å². The SMILES string of the molecule is COc1ccc2c(C)c(CCC(=O)N[C@H](C(=O)O)C(C)C)c(=O)oc2c1C. The zero-order chi connectivity index (χ0) is 20.3. The molecule has 1 aromatic carbocycles. The first kappa shape index (κ1) is 20.5. The largest absolute Gasteiger partial charge is 0.496 e. The molecule has 0 radical (unpaired) electrons. The molecule has 7 nitrogen and oxygen atoms in total. The number of methoxy groups -OCH3 is 1. The van der Waals surface area contributed by atoms with Crippen molar-refractivity contribution in [3.05, 3.63) is 39.2 Å². The maximum Gasteiger partial charge on any atom is 0.339 e. The van der Waals surface area contributed by atoms with Crippen molar-refractivity contribution >= 4 is 22.8 Å². The Hall–Kier alpha value is -2.83. The maximum absolute atomic E-state index is 12.4. The molecule has 0 saturated carbocycles. The average molecular weight is 375 g/mol. The first-order chi connectivity index (χ1) is 12.7. The Morgan fingerprint density at radius 3 is 2.44 bits per heavy atom. The molecule has 0 bridgehead atoms. The van der Waals surface area contributed by atoms with Crippen molar-refractivity contribution < 1.29 is 23.8 Å². The van der Waals surface area contributed by atoms with Gasteiger partial charge in [0, 0.05) is 22.9 Å². The number of hydrogen-bond donors (Lipinski definition) is 2. The zero-order valence-corrected chi connectivity index (χ0v) is 16.2. The summed E-state index contributed by atoms with van der Waals surface area (Å²) in [7, 11) is 1.55. The number of aliphatic carboxylic acids is 1. The third-order valence-electron chi connectivity index (χ3n) is 4.73. The Balaban J connectivity index is 2.26. The van der Waals surface area contributed by atoms with Gasteiger partial charge in [0.1, 0.15) is 17.4 Å². The van der Waals surface area contributed by atoms with E-state index in [1.807, 2.05) is 19.9 Å². The molecule has 146 valence electrons. The Morgan fingerprint density at radius 2 is 1.89 bits per heavy atom. The van der Waals surface area contributed by atoms with Crippen LogP contribution in [-0.2, 0) is 16.0 Å². The predicted octanol–water partition coefficient (Wildman–Crippen LogP) is 2.58. The minimum atomic E-state index is -1.08. The number of fused-ring (bicyclic) bond motifs is 1. The molecule has 2 rings (SSSR count). The van der Waals surface area contributed by atoms with Gasteiger partial charge in [0.15, 0.2) is 0 Å². The second-order valence-corrected chi connectivity index (χ2v) is 6.89. The van der Waals surface area contributed by atoms with E-state index in [0.717, 1.165) is 16.5 Å². The Labute approximate surface area is 157 Å². The molecular weight excluding hydrogens is 350 g/mol. The van der Waals surface area contributed by atoms with E-state index < -0.39 is 23.5 Å². The fourth-order valence-corrected chi connectivity index (χ4v) is 3.08. The number of hydrogen-bond acceptors (Lipinski definition) is 5. The molecule has 0 unspecified atom stereocenters. The van der Waals surface area contributed by atoms with E-state index in [4.69, 9.17) is 14.3 Å². The van der Waals surface area contributed by atoms with E-state index >= 15 is 0 Å². The van der Waals surface area contributed by atoms with E-state index in [9.17, 15) is 14.4 Å². The molecular formula is C20H25NO6. The van der Waals surface area contributed by atoms with Crippen molar-refractivity contribution in [2.45, 2.75) is 46.6 Å². The number of ether oxygens (including phenoxy) is 1. The van der Waals surface area contributed by atoms with Crippen LogP contribution in [0.1, 0.15) is 37.0 Å². The molecule has 1 amide bonds. The van der Waals surface area contributed by atoms with Crippen LogP contribution in [0.5, 0.6) is 5.75 Å². The zero-order valence-electron chi connectivity index (χ0n) is 16.2. The number of carbonyl (C=O) groups is 2. The van der Waals surface area contributed by atoms with Crippen LogP contribution in [0.4, 0.5) is 0 Å². The number of aryl methyl sites for hydroxylation is 2. The van der Waals surface area contributed by atoms with Crippen LogP contribution < -0.4 is 15.7 Å². The molecule has 2 N–H and O–H groups in total. The lowest BCUT2D eigenvalue weighted by Gasteiger charge is -2.18. The Bertz CT molecular complexity index is 928. The van der Waals surface area contributed by atoms with Crippen LogP contribution in [-0.4, -0.2) is 30.1 Å². The van der Waals surface area contributed by atoms with E-state index in [0.29, 0.717) is 16.9 Å². The Kier molecular flexibility index (Phi) is 6.25. The number of rotatable bonds is 7. The van der Waals surface area contributed by atoms with Crippen molar-refractivity contribution in [1.29, 1.82) is 0 Å². The van der Waals surface area contributed by atoms with E-state index in [-0.39, 0.29) is 18.8 Å². The highest BCUT2D eigenvalue weighted by Gasteiger charge is 2.23. The molecule has 0 spiro atoms. The van der Waals surface area contributed by atoms with Gasteiger partial charge in [-0.15, -0.1) is 0 Å². The number of carbonyl (C=O) groups excluding carboxylic acids is 1. The van der Waals surface area contributed by atoms with Gasteiger partial charge in [-0.2, -0.15) is 0 Å². The molecule has 27 heavy (non-hydrogen) atoms. The fraction of sp³-hybridized carbons (Fsp3) is 0.450. The summed E-state index contributed by atoms with van der Waals surface area (Å²) < 4.78 is 10.7. The predicted molar refractivity (Wildman–Crippen MR) is 101 cm³/mol. The Morgan fingerprint density at radius 1 is 1.22 bits per heavy atom. The quantitative estimate of drug-likeness (QED) is 0.721. The van der Waals surface area contributed by atoms with E-state index in [1.165, 1.54) is 0 Å². The van der Waals surface area contributed by atoms with Gasteiger partial charge in [0.25, 0.3) is 0 Å². The summed E-state index contributed by atoms with van der Waals surface area (Å²) in [6.45, 7) is 7.07. The van der Waals surface area contributed by atoms with Gasteiger partial charge in [-0.05, 0) is 43.9 Å². The number of amides is 1. The lowest BCUT2D eigenvalue weighted by atomic mass is 9.99. The smallest absolute Gasteiger partial charge is 0.339 e. The van der Waals surface area contributed by atoms with Crippen LogP contribution in [0.15, 0.2) is 21.3 Å². The van der Waals surface area contributed by atoms with Gasteiger partial charge in [0.05, 0.1) is 7.11 Å². The van der Waals surface area contributed by atoms with Gasteiger partial charge in [0.2, 0.25) is 5.91 Å². The van der Waals surface area contributed by atoms with E-state index in [2.05, 4.69) is 5.32 Å². The van der Waals surface area contributed by atoms with Crippen molar-refractivity contribution in [1.82, 2.24) is 5.32 Å². The number of nitrogens with one attached hydrogen (secondary N) is 1. The molecule has 2 aromatic rings. The summed E-state index contributed by atoms with van der Waals surface area (Å²) in [5.74, 6) is -1.10. The van der Waals surface area contributed by atoms with Gasteiger partial charge in [-0.3, -0.25) is 4.79 Å². The highest BCUT2D eigenvalue weighted by molar-refractivity contribution is 5.86.